The number of nitrogens with zero attached hydrogens (tertiary/aromatic N) is 1. The first-order valence-electron chi connectivity index (χ1n) is 7.85. The van der Waals surface area contributed by atoms with Crippen molar-refractivity contribution in [2.45, 2.75) is 20.0 Å². The minimum absolute atomic E-state index is 0.126. The van der Waals surface area contributed by atoms with Crippen LogP contribution in [0, 0.1) is 0 Å². The van der Waals surface area contributed by atoms with Crippen LogP contribution < -0.4 is 9.47 Å². The maximum atomic E-state index is 11.5. The predicted octanol–water partition coefficient (Wildman–Crippen LogP) is 2.12. The fourth-order valence-corrected chi connectivity index (χ4v) is 2.26. The minimum Gasteiger partial charge on any atom is -0.493 e. The normalized spacial score (nSPS) is 11.9. The molecule has 0 heterocycles. The molecule has 24 heavy (non-hydrogen) atoms. The molecule has 0 saturated carbocycles. The van der Waals surface area contributed by atoms with E-state index in [4.69, 9.17) is 9.47 Å². The van der Waals surface area contributed by atoms with Crippen LogP contribution >= 0.6 is 0 Å². The topological polar surface area (TPSA) is 68.2 Å². The number of benzene rings is 1. The van der Waals surface area contributed by atoms with E-state index < -0.39 is 12.1 Å². The number of hydrogen-bond acceptors (Lipinski definition) is 6. The summed E-state index contributed by atoms with van der Waals surface area (Å²) in [7, 11) is 2.81. The quantitative estimate of drug-likeness (QED) is 0.521. The molecule has 1 N–H and O–H groups in total. The standard InChI is InChI=1S/C18H27NO5/c1-6-19(10-13(2)3)11-15(20)12-24-16-8-7-14(18(21)23-5)9-17(16)22-4/h7-9,15,20H,2,6,10-12H2,1,3-5H3/t15-/m0/s1. The van der Waals surface area contributed by atoms with Crippen molar-refractivity contribution in [3.05, 3.63) is 35.9 Å². The molecule has 1 atom stereocenters. The highest BCUT2D eigenvalue weighted by Gasteiger charge is 2.15. The van der Waals surface area contributed by atoms with Crippen molar-refractivity contribution in [1.29, 1.82) is 0 Å². The first-order valence-corrected chi connectivity index (χ1v) is 7.85. The lowest BCUT2D eigenvalue weighted by Crippen LogP contribution is -2.36. The summed E-state index contributed by atoms with van der Waals surface area (Å²) < 4.78 is 15.5. The molecule has 0 aromatic heterocycles. The first-order chi connectivity index (χ1) is 11.4. The zero-order valence-electron chi connectivity index (χ0n) is 14.9. The summed E-state index contributed by atoms with van der Waals surface area (Å²) in [6.07, 6.45) is -0.644. The highest BCUT2D eigenvalue weighted by Crippen LogP contribution is 2.28. The molecule has 0 amide bonds. The number of aliphatic hydroxyl groups is 1. The fourth-order valence-electron chi connectivity index (χ4n) is 2.26. The van der Waals surface area contributed by atoms with E-state index in [1.54, 1.807) is 18.2 Å². The summed E-state index contributed by atoms with van der Waals surface area (Å²) in [4.78, 5) is 13.6. The van der Waals surface area contributed by atoms with Gasteiger partial charge in [0.25, 0.3) is 0 Å². The Morgan fingerprint density at radius 1 is 1.33 bits per heavy atom. The predicted molar refractivity (Wildman–Crippen MR) is 92.8 cm³/mol. The monoisotopic (exact) mass is 337 g/mol. The zero-order chi connectivity index (χ0) is 18.1. The van der Waals surface area contributed by atoms with Gasteiger partial charge in [0.2, 0.25) is 0 Å². The number of esters is 1. The van der Waals surface area contributed by atoms with E-state index in [1.807, 2.05) is 13.8 Å². The Hall–Kier alpha value is -2.05. The van der Waals surface area contributed by atoms with Crippen LogP contribution in [-0.2, 0) is 4.74 Å². The van der Waals surface area contributed by atoms with Crippen LogP contribution in [0.2, 0.25) is 0 Å². The van der Waals surface area contributed by atoms with Crippen LogP contribution in [-0.4, -0.2) is 62.5 Å². The molecule has 0 bridgehead atoms. The number of carbonyl (C=O) groups excluding carboxylic acids is 1. The maximum absolute atomic E-state index is 11.5. The molecule has 1 aromatic rings. The highest BCUT2D eigenvalue weighted by atomic mass is 16.5. The third-order valence-electron chi connectivity index (χ3n) is 3.43. The number of aliphatic hydroxyl groups excluding tert-OH is 1. The Kier molecular flexibility index (Phi) is 8.29. The van der Waals surface area contributed by atoms with Crippen molar-refractivity contribution in [3.8, 4) is 11.5 Å². The Bertz CT molecular complexity index is 558. The lowest BCUT2D eigenvalue weighted by molar-refractivity contribution is 0.0599. The SMILES string of the molecule is C=C(C)CN(CC)C[C@H](O)COc1ccc(C(=O)OC)cc1OC. The average molecular weight is 337 g/mol. The molecule has 0 unspecified atom stereocenters. The van der Waals surface area contributed by atoms with E-state index in [0.29, 0.717) is 23.6 Å². The fraction of sp³-hybridized carbons (Fsp3) is 0.500. The van der Waals surface area contributed by atoms with Gasteiger partial charge in [-0.15, -0.1) is 0 Å². The summed E-state index contributed by atoms with van der Waals surface area (Å²) in [5, 5.41) is 10.2. The van der Waals surface area contributed by atoms with Crippen LogP contribution in [0.4, 0.5) is 0 Å². The number of methoxy groups -OCH3 is 2. The van der Waals surface area contributed by atoms with Crippen LogP contribution in [0.25, 0.3) is 0 Å². The maximum Gasteiger partial charge on any atom is 0.337 e. The molecule has 0 saturated heterocycles. The van der Waals surface area contributed by atoms with E-state index in [0.717, 1.165) is 18.7 Å². The summed E-state index contributed by atoms with van der Waals surface area (Å²) in [5.41, 5.74) is 1.42. The van der Waals surface area contributed by atoms with Gasteiger partial charge in [0.15, 0.2) is 11.5 Å². The molecule has 134 valence electrons. The molecule has 0 spiro atoms. The molecule has 0 radical (unpaired) electrons. The minimum atomic E-state index is -0.644. The van der Waals surface area contributed by atoms with E-state index in [9.17, 15) is 9.90 Å². The third kappa shape index (κ3) is 6.22. The largest absolute Gasteiger partial charge is 0.493 e. The molecule has 0 aliphatic rings. The molecule has 0 fully saturated rings. The Balaban J connectivity index is 2.65. The van der Waals surface area contributed by atoms with Crippen molar-refractivity contribution in [1.82, 2.24) is 4.90 Å². The van der Waals surface area contributed by atoms with Gasteiger partial charge in [-0.25, -0.2) is 4.79 Å². The molecular weight excluding hydrogens is 310 g/mol. The highest BCUT2D eigenvalue weighted by molar-refractivity contribution is 5.90. The summed E-state index contributed by atoms with van der Waals surface area (Å²) >= 11 is 0. The molecule has 0 aliphatic heterocycles. The van der Waals surface area contributed by atoms with Gasteiger partial charge < -0.3 is 19.3 Å². The smallest absolute Gasteiger partial charge is 0.337 e. The van der Waals surface area contributed by atoms with E-state index in [-0.39, 0.29) is 6.61 Å². The summed E-state index contributed by atoms with van der Waals surface area (Å²) in [6.45, 7) is 10.1. The van der Waals surface area contributed by atoms with Gasteiger partial charge in [0, 0.05) is 13.1 Å². The second-order valence-corrected chi connectivity index (χ2v) is 5.61. The van der Waals surface area contributed by atoms with Crippen molar-refractivity contribution >= 4 is 5.97 Å². The Morgan fingerprint density at radius 2 is 2.04 bits per heavy atom. The van der Waals surface area contributed by atoms with Crippen LogP contribution in [0.1, 0.15) is 24.2 Å². The van der Waals surface area contributed by atoms with Gasteiger partial charge in [0.05, 0.1) is 19.8 Å². The van der Waals surface area contributed by atoms with Crippen molar-refractivity contribution < 1.29 is 24.1 Å². The second-order valence-electron chi connectivity index (χ2n) is 5.61. The lowest BCUT2D eigenvalue weighted by atomic mass is 10.2. The molecule has 6 heteroatoms. The number of hydrogen-bond donors (Lipinski definition) is 1. The summed E-state index contributed by atoms with van der Waals surface area (Å²) in [6, 6.07) is 4.77. The van der Waals surface area contributed by atoms with E-state index >= 15 is 0 Å². The van der Waals surface area contributed by atoms with Crippen LogP contribution in [0.5, 0.6) is 11.5 Å². The van der Waals surface area contributed by atoms with Gasteiger partial charge in [-0.1, -0.05) is 19.1 Å². The zero-order valence-corrected chi connectivity index (χ0v) is 14.9. The van der Waals surface area contributed by atoms with E-state index in [2.05, 4.69) is 16.2 Å². The number of carbonyl (C=O) groups is 1. The third-order valence-corrected chi connectivity index (χ3v) is 3.43. The molecule has 0 aliphatic carbocycles. The number of rotatable bonds is 10. The summed E-state index contributed by atoms with van der Waals surface area (Å²) in [5.74, 6) is 0.435. The van der Waals surface area contributed by atoms with Crippen LogP contribution in [0.15, 0.2) is 30.4 Å². The van der Waals surface area contributed by atoms with Crippen molar-refractivity contribution in [3.63, 3.8) is 0 Å². The molecular formula is C18H27NO5. The molecule has 1 rings (SSSR count). The van der Waals surface area contributed by atoms with Gasteiger partial charge >= 0.3 is 5.97 Å². The molecule has 6 nitrogen and oxygen atoms in total. The van der Waals surface area contributed by atoms with E-state index in [1.165, 1.54) is 14.2 Å². The Labute approximate surface area is 143 Å². The number of likely N-dealkylation sites (N-methyl/N-ethyl adjacent to an activating group) is 1. The first kappa shape index (κ1) is 20.0. The molecule has 1 aromatic carbocycles. The van der Waals surface area contributed by atoms with Crippen LogP contribution in [0.3, 0.4) is 0 Å². The Morgan fingerprint density at radius 3 is 2.58 bits per heavy atom. The van der Waals surface area contributed by atoms with Gasteiger partial charge in [0.1, 0.15) is 12.7 Å². The van der Waals surface area contributed by atoms with Gasteiger partial charge in [-0.3, -0.25) is 4.90 Å². The average Bonchev–Trinajstić information content (AvgIpc) is 2.57. The number of ether oxygens (including phenoxy) is 3. The lowest BCUT2D eigenvalue weighted by Gasteiger charge is -2.24. The second kappa shape index (κ2) is 9.95. The van der Waals surface area contributed by atoms with Gasteiger partial charge in [-0.05, 0) is 31.7 Å². The van der Waals surface area contributed by atoms with Crippen molar-refractivity contribution in [2.24, 2.45) is 0 Å². The van der Waals surface area contributed by atoms with Crippen molar-refractivity contribution in [2.75, 3.05) is 40.5 Å². The van der Waals surface area contributed by atoms with Gasteiger partial charge in [-0.2, -0.15) is 0 Å².